The molecular formula is C18H26FNO. The summed E-state index contributed by atoms with van der Waals surface area (Å²) in [5.74, 6) is 0.508. The maximum Gasteiger partial charge on any atom is 0.126 e. The summed E-state index contributed by atoms with van der Waals surface area (Å²) in [7, 11) is 2.06. The molecule has 0 amide bonds. The first kappa shape index (κ1) is 14.8. The molecular weight excluding hydrogens is 265 g/mol. The molecule has 0 radical (unpaired) electrons. The van der Waals surface area contributed by atoms with Crippen LogP contribution in [0.15, 0.2) is 18.2 Å². The van der Waals surface area contributed by atoms with E-state index in [9.17, 15) is 4.39 Å². The summed E-state index contributed by atoms with van der Waals surface area (Å²) in [5.41, 5.74) is 1.28. The van der Waals surface area contributed by atoms with Crippen LogP contribution in [0.25, 0.3) is 0 Å². The van der Waals surface area contributed by atoms with Gasteiger partial charge in [0.2, 0.25) is 0 Å². The molecule has 21 heavy (non-hydrogen) atoms. The highest BCUT2D eigenvalue weighted by Gasteiger charge is 2.55. The van der Waals surface area contributed by atoms with Crippen molar-refractivity contribution in [1.29, 1.82) is 0 Å². The van der Waals surface area contributed by atoms with Crippen molar-refractivity contribution in [2.45, 2.75) is 64.0 Å². The molecule has 116 valence electrons. The van der Waals surface area contributed by atoms with Gasteiger partial charge in [0, 0.05) is 23.9 Å². The summed E-state index contributed by atoms with van der Waals surface area (Å²) in [6.45, 7) is 1.99. The molecule has 0 heterocycles. The maximum atomic E-state index is 13.5. The van der Waals surface area contributed by atoms with Crippen LogP contribution in [0.2, 0.25) is 0 Å². The van der Waals surface area contributed by atoms with Crippen LogP contribution >= 0.6 is 0 Å². The molecule has 2 fully saturated rings. The molecule has 1 N–H and O–H groups in total. The third-order valence-electron chi connectivity index (χ3n) is 5.59. The van der Waals surface area contributed by atoms with Crippen LogP contribution in [0.5, 0.6) is 5.75 Å². The van der Waals surface area contributed by atoms with Gasteiger partial charge in [-0.15, -0.1) is 0 Å². The van der Waals surface area contributed by atoms with Crippen LogP contribution in [-0.2, 0) is 0 Å². The molecule has 3 heteroatoms. The molecule has 0 aromatic heterocycles. The molecule has 2 nitrogen and oxygen atoms in total. The van der Waals surface area contributed by atoms with Crippen LogP contribution in [-0.4, -0.2) is 19.2 Å². The number of ether oxygens (including phenoxy) is 1. The first-order chi connectivity index (χ1) is 10.2. The second-order valence-corrected chi connectivity index (χ2v) is 6.74. The summed E-state index contributed by atoms with van der Waals surface area (Å²) in [6.07, 6.45) is 8.99. The summed E-state index contributed by atoms with van der Waals surface area (Å²) < 4.78 is 19.7. The van der Waals surface area contributed by atoms with Gasteiger partial charge in [0.25, 0.3) is 0 Å². The highest BCUT2D eigenvalue weighted by atomic mass is 19.1. The normalized spacial score (nSPS) is 28.0. The number of aryl methyl sites for hydroxylation is 1. The standard InChI is InChI=1S/C18H26FNO/c1-13-7-8-14(19)11-15(13)21-17-12-16(20-2)18(17)9-5-3-4-6-10-18/h7-8,11,16-17,20H,3-6,9-10,12H2,1-2H3. The highest BCUT2D eigenvalue weighted by Crippen LogP contribution is 2.52. The fourth-order valence-electron chi connectivity index (χ4n) is 4.23. The van der Waals surface area contributed by atoms with Gasteiger partial charge in [0.15, 0.2) is 0 Å². The molecule has 0 aliphatic heterocycles. The van der Waals surface area contributed by atoms with Crippen molar-refractivity contribution >= 4 is 0 Å². The van der Waals surface area contributed by atoms with Gasteiger partial charge in [-0.05, 0) is 38.4 Å². The van der Waals surface area contributed by atoms with Crippen LogP contribution < -0.4 is 10.1 Å². The van der Waals surface area contributed by atoms with E-state index in [0.29, 0.717) is 6.04 Å². The maximum absolute atomic E-state index is 13.5. The SMILES string of the molecule is CNC1CC(Oc2cc(F)ccc2C)C12CCCCCC2. The summed E-state index contributed by atoms with van der Waals surface area (Å²) in [4.78, 5) is 0. The number of hydrogen-bond acceptors (Lipinski definition) is 2. The van der Waals surface area contributed by atoms with Crippen molar-refractivity contribution in [3.05, 3.63) is 29.6 Å². The lowest BCUT2D eigenvalue weighted by Gasteiger charge is -2.55. The van der Waals surface area contributed by atoms with E-state index in [2.05, 4.69) is 12.4 Å². The Bertz CT molecular complexity index is 494. The number of nitrogens with one attached hydrogen (secondary N) is 1. The Morgan fingerprint density at radius 3 is 2.57 bits per heavy atom. The van der Waals surface area contributed by atoms with Crippen molar-refractivity contribution in [2.75, 3.05) is 7.05 Å². The van der Waals surface area contributed by atoms with E-state index >= 15 is 0 Å². The highest BCUT2D eigenvalue weighted by molar-refractivity contribution is 5.33. The number of rotatable bonds is 3. The van der Waals surface area contributed by atoms with E-state index in [-0.39, 0.29) is 17.3 Å². The van der Waals surface area contributed by atoms with E-state index in [1.807, 2.05) is 6.92 Å². The largest absolute Gasteiger partial charge is 0.489 e. The van der Waals surface area contributed by atoms with Crippen LogP contribution in [0.1, 0.15) is 50.5 Å². The first-order valence-electron chi connectivity index (χ1n) is 8.26. The summed E-state index contributed by atoms with van der Waals surface area (Å²) in [6, 6.07) is 5.39. The lowest BCUT2D eigenvalue weighted by molar-refractivity contribution is -0.0885. The third kappa shape index (κ3) is 2.68. The minimum absolute atomic E-state index is 0.213. The van der Waals surface area contributed by atoms with Gasteiger partial charge < -0.3 is 10.1 Å². The Kier molecular flexibility index (Phi) is 4.21. The van der Waals surface area contributed by atoms with Gasteiger partial charge in [0.05, 0.1) is 0 Å². The lowest BCUT2D eigenvalue weighted by Crippen LogP contribution is -2.64. The predicted octanol–water partition coefficient (Wildman–Crippen LogP) is 4.21. The quantitative estimate of drug-likeness (QED) is 0.900. The number of benzene rings is 1. The first-order valence-corrected chi connectivity index (χ1v) is 8.26. The molecule has 0 saturated heterocycles. The van der Waals surface area contributed by atoms with Crippen molar-refractivity contribution in [1.82, 2.24) is 5.32 Å². The van der Waals surface area contributed by atoms with E-state index in [4.69, 9.17) is 4.74 Å². The third-order valence-corrected chi connectivity index (χ3v) is 5.59. The zero-order valence-electron chi connectivity index (χ0n) is 13.1. The Morgan fingerprint density at radius 1 is 1.19 bits per heavy atom. The fourth-order valence-corrected chi connectivity index (χ4v) is 4.23. The van der Waals surface area contributed by atoms with Crippen LogP contribution in [0.3, 0.4) is 0 Å². The number of hydrogen-bond donors (Lipinski definition) is 1. The van der Waals surface area contributed by atoms with Gasteiger partial charge in [-0.1, -0.05) is 31.7 Å². The molecule has 3 rings (SSSR count). The van der Waals surface area contributed by atoms with E-state index in [1.165, 1.54) is 50.7 Å². The topological polar surface area (TPSA) is 21.3 Å². The van der Waals surface area contributed by atoms with Crippen LogP contribution in [0, 0.1) is 18.2 Å². The molecule has 2 unspecified atom stereocenters. The summed E-state index contributed by atoms with van der Waals surface area (Å²) >= 11 is 0. The van der Waals surface area contributed by atoms with Crippen molar-refractivity contribution in [3.8, 4) is 5.75 Å². The van der Waals surface area contributed by atoms with Crippen molar-refractivity contribution in [2.24, 2.45) is 5.41 Å². The minimum Gasteiger partial charge on any atom is -0.489 e. The fraction of sp³-hybridized carbons (Fsp3) is 0.667. The molecule has 2 aliphatic rings. The van der Waals surface area contributed by atoms with Crippen LogP contribution in [0.4, 0.5) is 4.39 Å². The van der Waals surface area contributed by atoms with Crippen molar-refractivity contribution in [3.63, 3.8) is 0 Å². The Balaban J connectivity index is 1.79. The zero-order chi connectivity index (χ0) is 14.9. The van der Waals surface area contributed by atoms with Gasteiger partial charge in [0.1, 0.15) is 17.7 Å². The Labute approximate surface area is 127 Å². The molecule has 1 spiro atoms. The lowest BCUT2D eigenvalue weighted by atomic mass is 9.58. The average molecular weight is 291 g/mol. The van der Waals surface area contributed by atoms with Gasteiger partial charge in [-0.2, -0.15) is 0 Å². The summed E-state index contributed by atoms with van der Waals surface area (Å²) in [5, 5.41) is 3.48. The second-order valence-electron chi connectivity index (χ2n) is 6.74. The second kappa shape index (κ2) is 5.96. The molecule has 2 atom stereocenters. The monoisotopic (exact) mass is 291 g/mol. The molecule has 2 saturated carbocycles. The Morgan fingerprint density at radius 2 is 1.90 bits per heavy atom. The minimum atomic E-state index is -0.213. The van der Waals surface area contributed by atoms with Gasteiger partial charge >= 0.3 is 0 Å². The molecule has 0 bridgehead atoms. The predicted molar refractivity (Wildman–Crippen MR) is 83.2 cm³/mol. The van der Waals surface area contributed by atoms with E-state index < -0.39 is 0 Å². The van der Waals surface area contributed by atoms with Gasteiger partial charge in [-0.3, -0.25) is 0 Å². The van der Waals surface area contributed by atoms with Crippen molar-refractivity contribution < 1.29 is 9.13 Å². The van der Waals surface area contributed by atoms with Gasteiger partial charge in [-0.25, -0.2) is 4.39 Å². The average Bonchev–Trinajstić information content (AvgIpc) is 2.74. The van der Waals surface area contributed by atoms with E-state index in [0.717, 1.165) is 17.7 Å². The Hall–Kier alpha value is -1.09. The zero-order valence-corrected chi connectivity index (χ0v) is 13.1. The molecule has 1 aromatic rings. The molecule has 1 aromatic carbocycles. The smallest absolute Gasteiger partial charge is 0.126 e. The molecule has 2 aliphatic carbocycles. The van der Waals surface area contributed by atoms with E-state index in [1.54, 1.807) is 6.07 Å². The number of halogens is 1.